The molecule has 1 rings (SSSR count). The molecule has 66 valence electrons. The van der Waals surface area contributed by atoms with Gasteiger partial charge in [-0.25, -0.2) is 9.78 Å². The number of esters is 1. The molecule has 1 aromatic heterocycles. The number of nitrogens with zero attached hydrogens (tertiary/aromatic N) is 2. The van der Waals surface area contributed by atoms with Crippen LogP contribution in [-0.2, 0) is 9.53 Å². The monoisotopic (exact) mass is 169 g/mol. The summed E-state index contributed by atoms with van der Waals surface area (Å²) in [7, 11) is 1.35. The number of carbonyl (C=O) groups excluding carboxylic acids is 1. The lowest BCUT2D eigenvalue weighted by Crippen LogP contribution is -2.16. The van der Waals surface area contributed by atoms with Crippen LogP contribution in [0.2, 0.25) is 0 Å². The molecular formula is C7H11N3O2. The summed E-state index contributed by atoms with van der Waals surface area (Å²) in [6, 6.07) is -0.375. The number of hydrogen-bond donors (Lipinski definition) is 1. The van der Waals surface area contributed by atoms with Crippen molar-refractivity contribution in [2.24, 2.45) is 0 Å². The largest absolute Gasteiger partial charge is 0.467 e. The molecule has 1 heterocycles. The number of aromatic nitrogens is 2. The van der Waals surface area contributed by atoms with Crippen LogP contribution >= 0.6 is 0 Å². The van der Waals surface area contributed by atoms with Crippen LogP contribution in [0.3, 0.4) is 0 Å². The van der Waals surface area contributed by atoms with Crippen molar-refractivity contribution >= 4 is 11.8 Å². The molecule has 1 atom stereocenters. The van der Waals surface area contributed by atoms with Crippen LogP contribution in [0.15, 0.2) is 12.5 Å². The van der Waals surface area contributed by atoms with Crippen molar-refractivity contribution in [1.29, 1.82) is 0 Å². The van der Waals surface area contributed by atoms with Gasteiger partial charge in [-0.1, -0.05) is 0 Å². The lowest BCUT2D eigenvalue weighted by molar-refractivity contribution is -0.144. The number of rotatable bonds is 2. The van der Waals surface area contributed by atoms with Gasteiger partial charge < -0.3 is 15.0 Å². The van der Waals surface area contributed by atoms with E-state index in [2.05, 4.69) is 9.72 Å². The number of imidazole rings is 1. The molecule has 1 unspecified atom stereocenters. The van der Waals surface area contributed by atoms with Gasteiger partial charge in [0, 0.05) is 6.20 Å². The maximum atomic E-state index is 11.0. The van der Waals surface area contributed by atoms with E-state index in [-0.39, 0.29) is 12.0 Å². The first kappa shape index (κ1) is 8.58. The first-order valence-electron chi connectivity index (χ1n) is 3.52. The fourth-order valence-electron chi connectivity index (χ4n) is 0.857. The van der Waals surface area contributed by atoms with E-state index < -0.39 is 0 Å². The topological polar surface area (TPSA) is 70.1 Å². The Hall–Kier alpha value is -1.52. The molecule has 0 aliphatic heterocycles. The summed E-state index contributed by atoms with van der Waals surface area (Å²) in [4.78, 5) is 14.8. The first-order valence-corrected chi connectivity index (χ1v) is 3.52. The van der Waals surface area contributed by atoms with Crippen molar-refractivity contribution in [2.45, 2.75) is 13.0 Å². The lowest BCUT2D eigenvalue weighted by atomic mass is 10.3. The van der Waals surface area contributed by atoms with E-state index in [0.717, 1.165) is 0 Å². The number of nitrogens with two attached hydrogens (primary N) is 1. The number of anilines is 1. The molecule has 0 aliphatic rings. The number of ether oxygens (including phenoxy) is 1. The number of hydrogen-bond acceptors (Lipinski definition) is 4. The van der Waals surface area contributed by atoms with Crippen molar-refractivity contribution in [2.75, 3.05) is 12.8 Å². The third-order valence-corrected chi connectivity index (χ3v) is 1.61. The van der Waals surface area contributed by atoms with E-state index in [4.69, 9.17) is 5.73 Å². The second-order valence-corrected chi connectivity index (χ2v) is 2.44. The smallest absolute Gasteiger partial charge is 0.328 e. The summed E-state index contributed by atoms with van der Waals surface area (Å²) in [6.45, 7) is 1.72. The second-order valence-electron chi connectivity index (χ2n) is 2.44. The SMILES string of the molecule is COC(=O)C(C)n1cnc(N)c1. The highest BCUT2D eigenvalue weighted by Crippen LogP contribution is 2.08. The Labute approximate surface area is 70.1 Å². The predicted molar refractivity (Wildman–Crippen MR) is 43.4 cm³/mol. The molecule has 0 fully saturated rings. The Morgan fingerprint density at radius 2 is 2.50 bits per heavy atom. The van der Waals surface area contributed by atoms with E-state index in [1.165, 1.54) is 13.4 Å². The number of carbonyl (C=O) groups is 1. The summed E-state index contributed by atoms with van der Waals surface area (Å²) in [5, 5.41) is 0. The van der Waals surface area contributed by atoms with Crippen molar-refractivity contribution in [1.82, 2.24) is 9.55 Å². The Bertz CT molecular complexity index is 282. The van der Waals surface area contributed by atoms with E-state index in [0.29, 0.717) is 5.82 Å². The van der Waals surface area contributed by atoms with E-state index in [1.54, 1.807) is 17.7 Å². The van der Waals surface area contributed by atoms with Crippen molar-refractivity contribution in [3.8, 4) is 0 Å². The van der Waals surface area contributed by atoms with Gasteiger partial charge in [-0.2, -0.15) is 0 Å². The molecule has 0 aliphatic carbocycles. The minimum atomic E-state index is -0.375. The van der Waals surface area contributed by atoms with Gasteiger partial charge in [-0.15, -0.1) is 0 Å². The van der Waals surface area contributed by atoms with Gasteiger partial charge in [0.2, 0.25) is 0 Å². The summed E-state index contributed by atoms with van der Waals surface area (Å²) < 4.78 is 6.15. The van der Waals surface area contributed by atoms with Crippen molar-refractivity contribution < 1.29 is 9.53 Å². The Kier molecular flexibility index (Phi) is 2.32. The van der Waals surface area contributed by atoms with E-state index >= 15 is 0 Å². The van der Waals surface area contributed by atoms with Crippen LogP contribution in [0.5, 0.6) is 0 Å². The quantitative estimate of drug-likeness (QED) is 0.642. The molecule has 0 spiro atoms. The summed E-state index contributed by atoms with van der Waals surface area (Å²) in [5.74, 6) is 0.0816. The number of nitrogen functional groups attached to an aromatic ring is 1. The molecule has 0 saturated heterocycles. The van der Waals surface area contributed by atoms with Crippen LogP contribution < -0.4 is 5.73 Å². The molecule has 0 aromatic carbocycles. The minimum Gasteiger partial charge on any atom is -0.467 e. The maximum absolute atomic E-state index is 11.0. The fraction of sp³-hybridized carbons (Fsp3) is 0.429. The molecule has 0 amide bonds. The Balaban J connectivity index is 2.77. The lowest BCUT2D eigenvalue weighted by Gasteiger charge is -2.08. The maximum Gasteiger partial charge on any atom is 0.328 e. The number of methoxy groups -OCH3 is 1. The Morgan fingerprint density at radius 1 is 1.83 bits per heavy atom. The summed E-state index contributed by atoms with van der Waals surface area (Å²) >= 11 is 0. The molecule has 0 radical (unpaired) electrons. The molecular weight excluding hydrogens is 158 g/mol. The van der Waals surface area contributed by atoms with E-state index in [1.807, 2.05) is 0 Å². The highest BCUT2D eigenvalue weighted by molar-refractivity contribution is 5.73. The van der Waals surface area contributed by atoms with Gasteiger partial charge in [0.05, 0.1) is 13.4 Å². The van der Waals surface area contributed by atoms with Crippen LogP contribution in [0, 0.1) is 0 Å². The minimum absolute atomic E-state index is 0.313. The Morgan fingerprint density at radius 3 is 2.92 bits per heavy atom. The fourth-order valence-corrected chi connectivity index (χ4v) is 0.857. The van der Waals surface area contributed by atoms with Gasteiger partial charge in [-0.05, 0) is 6.92 Å². The van der Waals surface area contributed by atoms with Crippen LogP contribution in [-0.4, -0.2) is 22.6 Å². The first-order chi connectivity index (χ1) is 5.65. The zero-order valence-corrected chi connectivity index (χ0v) is 7.02. The molecule has 5 nitrogen and oxygen atoms in total. The van der Waals surface area contributed by atoms with E-state index in [9.17, 15) is 4.79 Å². The summed E-state index contributed by atoms with van der Waals surface area (Å²) in [5.41, 5.74) is 5.37. The molecule has 5 heteroatoms. The molecule has 0 bridgehead atoms. The standard InChI is InChI=1S/C7H11N3O2/c1-5(7(11)12-2)10-3-6(8)9-4-10/h3-5H,8H2,1-2H3. The van der Waals surface area contributed by atoms with Gasteiger partial charge in [0.25, 0.3) is 0 Å². The van der Waals surface area contributed by atoms with Crippen molar-refractivity contribution in [3.63, 3.8) is 0 Å². The predicted octanol–water partition coefficient (Wildman–Crippen LogP) is 0.199. The third-order valence-electron chi connectivity index (χ3n) is 1.61. The summed E-state index contributed by atoms with van der Waals surface area (Å²) in [6.07, 6.45) is 3.08. The average Bonchev–Trinajstić information content (AvgIpc) is 2.49. The third kappa shape index (κ3) is 1.55. The van der Waals surface area contributed by atoms with Gasteiger partial charge >= 0.3 is 5.97 Å². The van der Waals surface area contributed by atoms with Gasteiger partial charge in [0.15, 0.2) is 0 Å². The van der Waals surface area contributed by atoms with Crippen molar-refractivity contribution in [3.05, 3.63) is 12.5 Å². The van der Waals surface area contributed by atoms with Gasteiger partial charge in [0.1, 0.15) is 11.9 Å². The van der Waals surface area contributed by atoms with Crippen LogP contribution in [0.4, 0.5) is 5.82 Å². The highest BCUT2D eigenvalue weighted by Gasteiger charge is 2.14. The van der Waals surface area contributed by atoms with Crippen LogP contribution in [0.25, 0.3) is 0 Å². The van der Waals surface area contributed by atoms with Gasteiger partial charge in [-0.3, -0.25) is 0 Å². The molecule has 1 aromatic rings. The zero-order valence-electron chi connectivity index (χ0n) is 7.02. The second kappa shape index (κ2) is 3.25. The molecule has 12 heavy (non-hydrogen) atoms. The average molecular weight is 169 g/mol. The normalized spacial score (nSPS) is 12.5. The molecule has 0 saturated carbocycles. The van der Waals surface area contributed by atoms with Crippen LogP contribution in [0.1, 0.15) is 13.0 Å². The highest BCUT2D eigenvalue weighted by atomic mass is 16.5. The molecule has 2 N–H and O–H groups in total. The zero-order chi connectivity index (χ0) is 9.14.